The van der Waals surface area contributed by atoms with Crippen molar-refractivity contribution in [2.24, 2.45) is 0 Å². The van der Waals surface area contributed by atoms with Crippen LogP contribution in [0.1, 0.15) is 6.92 Å². The third-order valence-electron chi connectivity index (χ3n) is 0.598. The van der Waals surface area contributed by atoms with Crippen molar-refractivity contribution in [2.75, 3.05) is 5.33 Å². The molecule has 2 heteroatoms. The van der Waals surface area contributed by atoms with Gasteiger partial charge in [0.25, 0.3) is 0 Å². The summed E-state index contributed by atoms with van der Waals surface area (Å²) in [7, 11) is 0. The second-order valence-corrected chi connectivity index (χ2v) is 1.89. The third kappa shape index (κ3) is 4.06. The summed E-state index contributed by atoms with van der Waals surface area (Å²) in [6.07, 6.45) is 4.54. The van der Waals surface area contributed by atoms with Crippen LogP contribution in [0, 0.1) is 0 Å². The first-order chi connectivity index (χ1) is 3.81. The molecule has 0 fully saturated rings. The van der Waals surface area contributed by atoms with E-state index in [-0.39, 0.29) is 5.83 Å². The molecular formula is C6H8BrF. The highest BCUT2D eigenvalue weighted by molar-refractivity contribution is 9.09. The monoisotopic (exact) mass is 178 g/mol. The first-order valence-electron chi connectivity index (χ1n) is 2.35. The Balaban J connectivity index is 3.61. The molecule has 0 unspecified atom stereocenters. The van der Waals surface area contributed by atoms with Crippen LogP contribution in [-0.2, 0) is 0 Å². The quantitative estimate of drug-likeness (QED) is 0.451. The Morgan fingerprint density at radius 1 is 1.75 bits per heavy atom. The van der Waals surface area contributed by atoms with Crippen LogP contribution < -0.4 is 0 Å². The van der Waals surface area contributed by atoms with E-state index in [1.165, 1.54) is 12.2 Å². The molecule has 0 atom stereocenters. The summed E-state index contributed by atoms with van der Waals surface area (Å²) in [6.45, 7) is 1.78. The molecule has 0 aliphatic carbocycles. The highest BCUT2D eigenvalue weighted by atomic mass is 79.9. The lowest BCUT2D eigenvalue weighted by molar-refractivity contribution is 0.665. The fourth-order valence-electron chi connectivity index (χ4n) is 0.301. The van der Waals surface area contributed by atoms with Gasteiger partial charge in [0.15, 0.2) is 0 Å². The normalized spacial score (nSPS) is 13.1. The molecule has 0 N–H and O–H groups in total. The van der Waals surface area contributed by atoms with Crippen LogP contribution in [0.5, 0.6) is 0 Å². The molecule has 8 heavy (non-hydrogen) atoms. The van der Waals surface area contributed by atoms with E-state index in [4.69, 9.17) is 0 Å². The van der Waals surface area contributed by atoms with Crippen LogP contribution in [0.3, 0.4) is 0 Å². The Morgan fingerprint density at radius 3 is 2.75 bits per heavy atom. The topological polar surface area (TPSA) is 0 Å². The number of hydrogen-bond donors (Lipinski definition) is 0. The van der Waals surface area contributed by atoms with Gasteiger partial charge in [0, 0.05) is 5.33 Å². The predicted octanol–water partition coefficient (Wildman–Crippen LogP) is 2.81. The molecule has 0 aliphatic heterocycles. The van der Waals surface area contributed by atoms with Crippen molar-refractivity contribution < 1.29 is 4.39 Å². The Hall–Kier alpha value is -0.110. The number of halogens is 2. The van der Waals surface area contributed by atoms with Gasteiger partial charge in [-0.1, -0.05) is 22.0 Å². The van der Waals surface area contributed by atoms with E-state index in [9.17, 15) is 4.39 Å². The van der Waals surface area contributed by atoms with Gasteiger partial charge in [-0.15, -0.1) is 0 Å². The van der Waals surface area contributed by atoms with Crippen LogP contribution in [0.4, 0.5) is 4.39 Å². The van der Waals surface area contributed by atoms with E-state index in [1.54, 1.807) is 13.0 Å². The number of allylic oxidation sites excluding steroid dienone is 4. The Bertz CT molecular complexity index is 105. The summed E-state index contributed by atoms with van der Waals surface area (Å²) in [5.41, 5.74) is 0. The Morgan fingerprint density at radius 2 is 2.38 bits per heavy atom. The molecule has 0 saturated heterocycles. The van der Waals surface area contributed by atoms with E-state index in [0.717, 1.165) is 0 Å². The van der Waals surface area contributed by atoms with Crippen molar-refractivity contribution in [2.45, 2.75) is 6.92 Å². The van der Waals surface area contributed by atoms with Crippen molar-refractivity contribution in [3.63, 3.8) is 0 Å². The van der Waals surface area contributed by atoms with Crippen LogP contribution in [0.2, 0.25) is 0 Å². The van der Waals surface area contributed by atoms with E-state index < -0.39 is 0 Å². The second kappa shape index (κ2) is 5.04. The average Bonchev–Trinajstić information content (AvgIpc) is 1.68. The molecular weight excluding hydrogens is 171 g/mol. The van der Waals surface area contributed by atoms with Crippen LogP contribution in [0.25, 0.3) is 0 Å². The van der Waals surface area contributed by atoms with Crippen molar-refractivity contribution in [1.82, 2.24) is 0 Å². The minimum atomic E-state index is -0.190. The molecule has 0 aromatic rings. The van der Waals surface area contributed by atoms with E-state index in [1.807, 2.05) is 0 Å². The zero-order valence-corrected chi connectivity index (χ0v) is 6.28. The van der Waals surface area contributed by atoms with Crippen molar-refractivity contribution in [1.29, 1.82) is 0 Å². The highest BCUT2D eigenvalue weighted by Crippen LogP contribution is 1.98. The maximum absolute atomic E-state index is 12.1. The van der Waals surface area contributed by atoms with Gasteiger partial charge < -0.3 is 0 Å². The highest BCUT2D eigenvalue weighted by Gasteiger charge is 1.80. The number of hydrogen-bond acceptors (Lipinski definition) is 0. The summed E-state index contributed by atoms with van der Waals surface area (Å²) in [4.78, 5) is 0. The van der Waals surface area contributed by atoms with Crippen LogP contribution in [-0.4, -0.2) is 5.33 Å². The van der Waals surface area contributed by atoms with Crippen molar-refractivity contribution in [3.8, 4) is 0 Å². The van der Waals surface area contributed by atoms with Gasteiger partial charge in [0.1, 0.15) is 5.83 Å². The van der Waals surface area contributed by atoms with Gasteiger partial charge in [0.2, 0.25) is 0 Å². The van der Waals surface area contributed by atoms with Gasteiger partial charge in [-0.2, -0.15) is 0 Å². The largest absolute Gasteiger partial charge is 0.207 e. The molecule has 0 aromatic carbocycles. The first kappa shape index (κ1) is 7.89. The maximum atomic E-state index is 12.1. The molecule has 0 nitrogen and oxygen atoms in total. The molecule has 0 saturated carbocycles. The number of alkyl halides is 1. The molecule has 0 aliphatic rings. The lowest BCUT2D eigenvalue weighted by Crippen LogP contribution is -1.64. The fraction of sp³-hybridized carbons (Fsp3) is 0.333. The van der Waals surface area contributed by atoms with Gasteiger partial charge in [-0.3, -0.25) is 0 Å². The van der Waals surface area contributed by atoms with E-state index >= 15 is 0 Å². The van der Waals surface area contributed by atoms with Gasteiger partial charge in [-0.05, 0) is 19.1 Å². The van der Waals surface area contributed by atoms with Crippen LogP contribution in [0.15, 0.2) is 24.1 Å². The zero-order valence-electron chi connectivity index (χ0n) is 4.70. The lowest BCUT2D eigenvalue weighted by Gasteiger charge is -1.79. The minimum Gasteiger partial charge on any atom is -0.207 e. The van der Waals surface area contributed by atoms with E-state index in [0.29, 0.717) is 5.33 Å². The predicted molar refractivity (Wildman–Crippen MR) is 37.8 cm³/mol. The summed E-state index contributed by atoms with van der Waals surface area (Å²) in [5.74, 6) is -0.190. The molecule has 0 aromatic heterocycles. The van der Waals surface area contributed by atoms with Crippen molar-refractivity contribution in [3.05, 3.63) is 24.1 Å². The summed E-state index contributed by atoms with van der Waals surface area (Å²) in [5, 5.41) is 0.573. The summed E-state index contributed by atoms with van der Waals surface area (Å²) < 4.78 is 12.1. The van der Waals surface area contributed by atoms with Gasteiger partial charge >= 0.3 is 0 Å². The maximum Gasteiger partial charge on any atom is 0.119 e. The SMILES string of the molecule is C/C=C\C(F)=C/CBr. The fourth-order valence-corrected chi connectivity index (χ4v) is 0.610. The van der Waals surface area contributed by atoms with Gasteiger partial charge in [-0.25, -0.2) is 4.39 Å². The smallest absolute Gasteiger partial charge is 0.119 e. The van der Waals surface area contributed by atoms with Gasteiger partial charge in [0.05, 0.1) is 0 Å². The zero-order chi connectivity index (χ0) is 6.41. The first-order valence-corrected chi connectivity index (χ1v) is 3.47. The summed E-state index contributed by atoms with van der Waals surface area (Å²) >= 11 is 3.07. The second-order valence-electron chi connectivity index (χ2n) is 1.24. The average molecular weight is 179 g/mol. The molecule has 0 amide bonds. The lowest BCUT2D eigenvalue weighted by atomic mass is 10.4. The molecule has 0 bridgehead atoms. The van der Waals surface area contributed by atoms with E-state index in [2.05, 4.69) is 15.9 Å². The third-order valence-corrected chi connectivity index (χ3v) is 0.922. The van der Waals surface area contributed by atoms with Crippen molar-refractivity contribution >= 4 is 15.9 Å². The molecule has 0 spiro atoms. The van der Waals surface area contributed by atoms with Crippen LogP contribution >= 0.6 is 15.9 Å². The Labute approximate surface area is 57.2 Å². The molecule has 0 rings (SSSR count). The molecule has 46 valence electrons. The molecule has 0 heterocycles. The molecule has 0 radical (unpaired) electrons. The standard InChI is InChI=1S/C6H8BrF/c1-2-3-6(8)4-5-7/h2-4H,5H2,1H3/b3-2-,6-4+. The minimum absolute atomic E-state index is 0.190. The Kier molecular flexibility index (Phi) is 4.97. The number of rotatable bonds is 2. The summed E-state index contributed by atoms with van der Waals surface area (Å²) in [6, 6.07) is 0.